The van der Waals surface area contributed by atoms with Crippen molar-refractivity contribution in [3.63, 3.8) is 0 Å². The van der Waals surface area contributed by atoms with Crippen LogP contribution in [0.25, 0.3) is 16.6 Å². The van der Waals surface area contributed by atoms with Gasteiger partial charge in [0.2, 0.25) is 0 Å². The Morgan fingerprint density at radius 1 is 0.938 bits per heavy atom. The van der Waals surface area contributed by atoms with E-state index in [1.807, 2.05) is 53.3 Å². The van der Waals surface area contributed by atoms with E-state index in [0.717, 1.165) is 21.1 Å². The molecular formula is C13H9BrN2. The molecule has 0 bridgehead atoms. The molecule has 78 valence electrons. The molecule has 0 amide bonds. The molecule has 0 saturated carbocycles. The lowest BCUT2D eigenvalue weighted by molar-refractivity contribution is 0.892. The van der Waals surface area contributed by atoms with Gasteiger partial charge in [0.25, 0.3) is 0 Å². The van der Waals surface area contributed by atoms with Crippen LogP contribution in [0, 0.1) is 0 Å². The Kier molecular flexibility index (Phi) is 2.26. The topological polar surface area (TPSA) is 17.8 Å². The van der Waals surface area contributed by atoms with Crippen LogP contribution >= 0.6 is 15.9 Å². The fraction of sp³-hybridized carbons (Fsp3) is 0. The molecule has 1 aromatic heterocycles. The van der Waals surface area contributed by atoms with Gasteiger partial charge in [-0.3, -0.25) is 0 Å². The van der Waals surface area contributed by atoms with Gasteiger partial charge < -0.3 is 0 Å². The second-order valence-electron chi connectivity index (χ2n) is 3.58. The molecule has 2 nitrogen and oxygen atoms in total. The summed E-state index contributed by atoms with van der Waals surface area (Å²) in [6.45, 7) is 0. The highest BCUT2D eigenvalue weighted by Crippen LogP contribution is 2.22. The lowest BCUT2D eigenvalue weighted by Crippen LogP contribution is -1.94. The molecule has 1 heterocycles. The Morgan fingerprint density at radius 3 is 2.50 bits per heavy atom. The van der Waals surface area contributed by atoms with Crippen molar-refractivity contribution in [2.75, 3.05) is 0 Å². The Labute approximate surface area is 102 Å². The summed E-state index contributed by atoms with van der Waals surface area (Å²) in [5, 5.41) is 5.68. The van der Waals surface area contributed by atoms with Crippen LogP contribution in [0.1, 0.15) is 0 Å². The van der Waals surface area contributed by atoms with Gasteiger partial charge >= 0.3 is 0 Å². The summed E-state index contributed by atoms with van der Waals surface area (Å²) in [5.74, 6) is 0. The first-order valence-electron chi connectivity index (χ1n) is 5.04. The number of benzene rings is 2. The number of aromatic nitrogens is 2. The Bertz CT molecular complexity index is 610. The molecule has 0 unspecified atom stereocenters. The predicted octanol–water partition coefficient (Wildman–Crippen LogP) is 3.79. The van der Waals surface area contributed by atoms with Crippen LogP contribution in [-0.2, 0) is 0 Å². The van der Waals surface area contributed by atoms with Crippen molar-refractivity contribution in [2.24, 2.45) is 0 Å². The Hall–Kier alpha value is -1.61. The van der Waals surface area contributed by atoms with Gasteiger partial charge in [-0.2, -0.15) is 5.10 Å². The molecule has 3 rings (SSSR count). The average molecular weight is 273 g/mol. The van der Waals surface area contributed by atoms with E-state index in [-0.39, 0.29) is 0 Å². The van der Waals surface area contributed by atoms with E-state index in [4.69, 9.17) is 0 Å². The Morgan fingerprint density at radius 2 is 1.69 bits per heavy atom. The van der Waals surface area contributed by atoms with E-state index in [1.54, 1.807) is 0 Å². The molecule has 0 spiro atoms. The van der Waals surface area contributed by atoms with Gasteiger partial charge in [-0.05, 0) is 34.1 Å². The van der Waals surface area contributed by atoms with Crippen molar-refractivity contribution in [1.82, 2.24) is 9.78 Å². The smallest absolute Gasteiger partial charge is 0.0927 e. The van der Waals surface area contributed by atoms with Crippen LogP contribution in [0.4, 0.5) is 0 Å². The number of rotatable bonds is 1. The first-order valence-corrected chi connectivity index (χ1v) is 5.83. The molecule has 0 saturated heterocycles. The first-order chi connectivity index (χ1) is 7.84. The molecule has 0 aliphatic heterocycles. The molecule has 0 fully saturated rings. The summed E-state index contributed by atoms with van der Waals surface area (Å²) >= 11 is 3.53. The van der Waals surface area contributed by atoms with Crippen LogP contribution in [0.5, 0.6) is 0 Å². The van der Waals surface area contributed by atoms with Crippen LogP contribution in [0.2, 0.25) is 0 Å². The van der Waals surface area contributed by atoms with Crippen molar-refractivity contribution in [3.05, 3.63) is 59.2 Å². The van der Waals surface area contributed by atoms with Crippen molar-refractivity contribution in [1.29, 1.82) is 0 Å². The SMILES string of the molecule is Brc1ccccc1-n1cc2ccccc2n1. The minimum absolute atomic E-state index is 1.01. The minimum Gasteiger partial charge on any atom is -0.239 e. The average Bonchev–Trinajstić information content (AvgIpc) is 2.73. The lowest BCUT2D eigenvalue weighted by atomic mass is 10.3. The standard InChI is InChI=1S/C13H9BrN2/c14-11-6-2-4-8-13(11)16-9-10-5-1-3-7-12(10)15-16/h1-9H. The van der Waals surface area contributed by atoms with Crippen LogP contribution in [0.15, 0.2) is 59.2 Å². The molecule has 2 aromatic carbocycles. The molecule has 3 heteroatoms. The number of para-hydroxylation sites is 1. The lowest BCUT2D eigenvalue weighted by Gasteiger charge is -2.02. The fourth-order valence-corrected chi connectivity index (χ4v) is 2.19. The summed E-state index contributed by atoms with van der Waals surface area (Å²) in [6.07, 6.45) is 2.04. The number of hydrogen-bond acceptors (Lipinski definition) is 1. The number of nitrogens with zero attached hydrogens (tertiary/aromatic N) is 2. The van der Waals surface area contributed by atoms with Gasteiger partial charge in [0.15, 0.2) is 0 Å². The molecule has 16 heavy (non-hydrogen) atoms. The largest absolute Gasteiger partial charge is 0.239 e. The van der Waals surface area contributed by atoms with Crippen molar-refractivity contribution in [2.45, 2.75) is 0 Å². The summed E-state index contributed by atoms with van der Waals surface area (Å²) in [5.41, 5.74) is 2.07. The van der Waals surface area contributed by atoms with Gasteiger partial charge in [0.1, 0.15) is 0 Å². The van der Waals surface area contributed by atoms with Crippen LogP contribution in [-0.4, -0.2) is 9.78 Å². The quantitative estimate of drug-likeness (QED) is 0.659. The zero-order chi connectivity index (χ0) is 11.0. The summed E-state index contributed by atoms with van der Waals surface area (Å²) in [4.78, 5) is 0. The van der Waals surface area contributed by atoms with Crippen LogP contribution in [0.3, 0.4) is 0 Å². The third kappa shape index (κ3) is 1.53. The highest BCUT2D eigenvalue weighted by atomic mass is 79.9. The number of fused-ring (bicyclic) bond motifs is 1. The third-order valence-electron chi connectivity index (χ3n) is 2.51. The molecule has 0 aliphatic carbocycles. The summed E-state index contributed by atoms with van der Waals surface area (Å²) < 4.78 is 2.94. The number of halogens is 1. The zero-order valence-electron chi connectivity index (χ0n) is 8.47. The van der Waals surface area contributed by atoms with E-state index in [0.29, 0.717) is 0 Å². The first kappa shape index (κ1) is 9.60. The second kappa shape index (κ2) is 3.76. The minimum atomic E-state index is 1.01. The summed E-state index contributed by atoms with van der Waals surface area (Å²) in [6, 6.07) is 16.2. The predicted molar refractivity (Wildman–Crippen MR) is 68.8 cm³/mol. The van der Waals surface area contributed by atoms with E-state index >= 15 is 0 Å². The zero-order valence-corrected chi connectivity index (χ0v) is 10.1. The van der Waals surface area contributed by atoms with Crippen molar-refractivity contribution in [3.8, 4) is 5.69 Å². The molecule has 3 aromatic rings. The fourth-order valence-electron chi connectivity index (χ4n) is 1.73. The highest BCUT2D eigenvalue weighted by Gasteiger charge is 2.04. The van der Waals surface area contributed by atoms with Gasteiger partial charge in [-0.1, -0.05) is 30.3 Å². The van der Waals surface area contributed by atoms with Crippen molar-refractivity contribution >= 4 is 26.8 Å². The van der Waals surface area contributed by atoms with Gasteiger partial charge in [-0.25, -0.2) is 4.68 Å². The highest BCUT2D eigenvalue weighted by molar-refractivity contribution is 9.10. The summed E-state index contributed by atoms with van der Waals surface area (Å²) in [7, 11) is 0. The van der Waals surface area contributed by atoms with Crippen LogP contribution < -0.4 is 0 Å². The van der Waals surface area contributed by atoms with E-state index < -0.39 is 0 Å². The van der Waals surface area contributed by atoms with Gasteiger partial charge in [-0.15, -0.1) is 0 Å². The molecule has 0 atom stereocenters. The molecule has 0 aliphatic rings. The normalized spacial score (nSPS) is 10.8. The third-order valence-corrected chi connectivity index (χ3v) is 3.18. The second-order valence-corrected chi connectivity index (χ2v) is 4.44. The molecule has 0 N–H and O–H groups in total. The number of hydrogen-bond donors (Lipinski definition) is 0. The van der Waals surface area contributed by atoms with Crippen molar-refractivity contribution < 1.29 is 0 Å². The monoisotopic (exact) mass is 272 g/mol. The molecule has 0 radical (unpaired) electrons. The van der Waals surface area contributed by atoms with Gasteiger partial charge in [0.05, 0.1) is 11.2 Å². The molecular weight excluding hydrogens is 264 g/mol. The Balaban J connectivity index is 2.23. The maximum absolute atomic E-state index is 4.53. The van der Waals surface area contributed by atoms with E-state index in [1.165, 1.54) is 0 Å². The van der Waals surface area contributed by atoms with Gasteiger partial charge in [0, 0.05) is 16.1 Å². The van der Waals surface area contributed by atoms with E-state index in [9.17, 15) is 0 Å². The maximum Gasteiger partial charge on any atom is 0.0927 e. The maximum atomic E-state index is 4.53. The van der Waals surface area contributed by atoms with E-state index in [2.05, 4.69) is 27.1 Å².